The molecule has 0 radical (unpaired) electrons. The highest BCUT2D eigenvalue weighted by molar-refractivity contribution is 5.96. The lowest BCUT2D eigenvalue weighted by Crippen LogP contribution is -2.27. The van der Waals surface area contributed by atoms with Crippen LogP contribution in [0.1, 0.15) is 54.2 Å². The standard InChI is InChI=1S/C19H26N2O4/c1-11(2)10-24-16-8-7-15(9-17(16)23-6)12(3)20-19(22)18-13(4)21-25-14(18)5/h7-9,11-12H,10H2,1-6H3,(H,20,22)/t12-/m0/s1. The number of nitrogens with zero attached hydrogens (tertiary/aromatic N) is 1. The number of hydrogen-bond acceptors (Lipinski definition) is 5. The van der Waals surface area contributed by atoms with Crippen molar-refractivity contribution in [3.05, 3.63) is 40.8 Å². The van der Waals surface area contributed by atoms with E-state index in [2.05, 4.69) is 24.3 Å². The van der Waals surface area contributed by atoms with Crippen LogP contribution in [0.25, 0.3) is 0 Å². The second-order valence-electron chi connectivity index (χ2n) is 6.51. The van der Waals surface area contributed by atoms with E-state index in [0.717, 1.165) is 5.56 Å². The van der Waals surface area contributed by atoms with Gasteiger partial charge in [-0.2, -0.15) is 0 Å². The Bertz CT molecular complexity index is 718. The smallest absolute Gasteiger partial charge is 0.257 e. The van der Waals surface area contributed by atoms with E-state index in [-0.39, 0.29) is 11.9 Å². The number of methoxy groups -OCH3 is 1. The van der Waals surface area contributed by atoms with E-state index in [0.29, 0.717) is 41.0 Å². The molecule has 0 unspecified atom stereocenters. The van der Waals surface area contributed by atoms with E-state index in [4.69, 9.17) is 14.0 Å². The number of carbonyl (C=O) groups excluding carboxylic acids is 1. The Balaban J connectivity index is 2.13. The maximum absolute atomic E-state index is 12.5. The van der Waals surface area contributed by atoms with Gasteiger partial charge in [-0.25, -0.2) is 0 Å². The topological polar surface area (TPSA) is 73.6 Å². The second kappa shape index (κ2) is 8.05. The van der Waals surface area contributed by atoms with Gasteiger partial charge in [0, 0.05) is 0 Å². The number of aryl methyl sites for hydroxylation is 2. The summed E-state index contributed by atoms with van der Waals surface area (Å²) in [6.07, 6.45) is 0. The van der Waals surface area contributed by atoms with Crippen LogP contribution in [0.5, 0.6) is 11.5 Å². The van der Waals surface area contributed by atoms with Gasteiger partial charge in [0.05, 0.1) is 25.5 Å². The molecule has 0 aliphatic rings. The van der Waals surface area contributed by atoms with Gasteiger partial charge in [0.2, 0.25) is 0 Å². The van der Waals surface area contributed by atoms with E-state index in [9.17, 15) is 4.79 Å². The van der Waals surface area contributed by atoms with Gasteiger partial charge in [-0.05, 0) is 44.4 Å². The fourth-order valence-corrected chi connectivity index (χ4v) is 2.49. The number of aromatic nitrogens is 1. The number of benzene rings is 1. The lowest BCUT2D eigenvalue weighted by atomic mass is 10.1. The van der Waals surface area contributed by atoms with Crippen molar-refractivity contribution in [3.8, 4) is 11.5 Å². The minimum Gasteiger partial charge on any atom is -0.493 e. The Hall–Kier alpha value is -2.50. The molecule has 1 aromatic carbocycles. The van der Waals surface area contributed by atoms with Gasteiger partial charge in [0.25, 0.3) is 5.91 Å². The largest absolute Gasteiger partial charge is 0.493 e. The zero-order valence-corrected chi connectivity index (χ0v) is 15.7. The average Bonchev–Trinajstić information content (AvgIpc) is 2.91. The van der Waals surface area contributed by atoms with Crippen LogP contribution in [0.3, 0.4) is 0 Å². The van der Waals surface area contributed by atoms with Crippen molar-refractivity contribution in [1.82, 2.24) is 10.5 Å². The Morgan fingerprint density at radius 1 is 1.24 bits per heavy atom. The summed E-state index contributed by atoms with van der Waals surface area (Å²) >= 11 is 0. The van der Waals surface area contributed by atoms with E-state index in [1.54, 1.807) is 21.0 Å². The SMILES string of the molecule is COc1cc([C@H](C)NC(=O)c2c(C)noc2C)ccc1OCC(C)C. The van der Waals surface area contributed by atoms with Crippen molar-refractivity contribution in [2.45, 2.75) is 40.7 Å². The van der Waals surface area contributed by atoms with Gasteiger partial charge in [-0.15, -0.1) is 0 Å². The summed E-state index contributed by atoms with van der Waals surface area (Å²) in [5, 5.41) is 6.78. The summed E-state index contributed by atoms with van der Waals surface area (Å²) in [6.45, 7) is 10.2. The van der Waals surface area contributed by atoms with E-state index >= 15 is 0 Å². The molecule has 0 aliphatic carbocycles. The first-order chi connectivity index (χ1) is 11.8. The maximum atomic E-state index is 12.5. The van der Waals surface area contributed by atoms with Crippen LogP contribution in [0.2, 0.25) is 0 Å². The van der Waals surface area contributed by atoms with E-state index in [1.165, 1.54) is 0 Å². The van der Waals surface area contributed by atoms with Gasteiger partial charge in [-0.1, -0.05) is 25.1 Å². The molecule has 2 aromatic rings. The molecule has 0 fully saturated rings. The molecule has 6 nitrogen and oxygen atoms in total. The van der Waals surface area contributed by atoms with Crippen molar-refractivity contribution in [2.24, 2.45) is 5.92 Å². The van der Waals surface area contributed by atoms with Gasteiger partial charge < -0.3 is 19.3 Å². The van der Waals surface area contributed by atoms with Crippen LogP contribution >= 0.6 is 0 Å². The molecular formula is C19H26N2O4. The molecule has 6 heteroatoms. The van der Waals surface area contributed by atoms with Gasteiger partial charge in [-0.3, -0.25) is 4.79 Å². The normalized spacial score (nSPS) is 12.1. The van der Waals surface area contributed by atoms with Crippen molar-refractivity contribution in [1.29, 1.82) is 0 Å². The van der Waals surface area contributed by atoms with Crippen molar-refractivity contribution in [2.75, 3.05) is 13.7 Å². The fraction of sp³-hybridized carbons (Fsp3) is 0.474. The van der Waals surface area contributed by atoms with Gasteiger partial charge in [0.1, 0.15) is 11.3 Å². The van der Waals surface area contributed by atoms with Crippen molar-refractivity contribution in [3.63, 3.8) is 0 Å². The third-order valence-electron chi connectivity index (χ3n) is 3.87. The first-order valence-corrected chi connectivity index (χ1v) is 8.38. The van der Waals surface area contributed by atoms with Crippen LogP contribution in [0, 0.1) is 19.8 Å². The summed E-state index contributed by atoms with van der Waals surface area (Å²) < 4.78 is 16.2. The zero-order valence-electron chi connectivity index (χ0n) is 15.7. The Morgan fingerprint density at radius 3 is 2.52 bits per heavy atom. The van der Waals surface area contributed by atoms with Crippen LogP contribution in [-0.4, -0.2) is 24.8 Å². The molecule has 0 saturated heterocycles. The van der Waals surface area contributed by atoms with Crippen LogP contribution in [-0.2, 0) is 0 Å². The van der Waals surface area contributed by atoms with Crippen molar-refractivity contribution >= 4 is 5.91 Å². The highest BCUT2D eigenvalue weighted by atomic mass is 16.5. The van der Waals surface area contributed by atoms with Crippen LogP contribution in [0.4, 0.5) is 0 Å². The first kappa shape index (κ1) is 18.8. The molecule has 1 heterocycles. The molecule has 1 atom stereocenters. The highest BCUT2D eigenvalue weighted by Crippen LogP contribution is 2.31. The predicted octanol–water partition coefficient (Wildman–Crippen LogP) is 3.83. The summed E-state index contributed by atoms with van der Waals surface area (Å²) in [6, 6.07) is 5.48. The van der Waals surface area contributed by atoms with Crippen molar-refractivity contribution < 1.29 is 18.8 Å². The highest BCUT2D eigenvalue weighted by Gasteiger charge is 2.20. The minimum absolute atomic E-state index is 0.200. The quantitative estimate of drug-likeness (QED) is 0.825. The Morgan fingerprint density at radius 2 is 1.96 bits per heavy atom. The fourth-order valence-electron chi connectivity index (χ4n) is 2.49. The third kappa shape index (κ3) is 4.53. The predicted molar refractivity (Wildman–Crippen MR) is 95.2 cm³/mol. The number of amides is 1. The van der Waals surface area contributed by atoms with E-state index < -0.39 is 0 Å². The summed E-state index contributed by atoms with van der Waals surface area (Å²) in [4.78, 5) is 12.5. The van der Waals surface area contributed by atoms with Gasteiger partial charge >= 0.3 is 0 Å². The molecule has 0 bridgehead atoms. The van der Waals surface area contributed by atoms with Gasteiger partial charge in [0.15, 0.2) is 11.5 Å². The number of rotatable bonds is 7. The number of ether oxygens (including phenoxy) is 2. The molecular weight excluding hydrogens is 320 g/mol. The molecule has 0 saturated carbocycles. The summed E-state index contributed by atoms with van der Waals surface area (Å²) in [7, 11) is 1.61. The molecule has 25 heavy (non-hydrogen) atoms. The molecule has 0 aliphatic heterocycles. The number of hydrogen-bond donors (Lipinski definition) is 1. The second-order valence-corrected chi connectivity index (χ2v) is 6.51. The summed E-state index contributed by atoms with van der Waals surface area (Å²) in [5.41, 5.74) is 1.99. The molecule has 2 rings (SSSR count). The molecule has 1 N–H and O–H groups in total. The summed E-state index contributed by atoms with van der Waals surface area (Å²) in [5.74, 6) is 2.08. The Kier molecular flexibility index (Phi) is 6.07. The average molecular weight is 346 g/mol. The number of nitrogens with one attached hydrogen (secondary N) is 1. The zero-order chi connectivity index (χ0) is 18.6. The maximum Gasteiger partial charge on any atom is 0.257 e. The monoisotopic (exact) mass is 346 g/mol. The Labute approximate surface area is 148 Å². The van der Waals surface area contributed by atoms with E-state index in [1.807, 2.05) is 25.1 Å². The molecule has 1 amide bonds. The molecule has 1 aromatic heterocycles. The molecule has 0 spiro atoms. The van der Waals surface area contributed by atoms with Crippen LogP contribution < -0.4 is 14.8 Å². The minimum atomic E-state index is -0.206. The lowest BCUT2D eigenvalue weighted by Gasteiger charge is -2.17. The number of carbonyl (C=O) groups is 1. The first-order valence-electron chi connectivity index (χ1n) is 8.38. The lowest BCUT2D eigenvalue weighted by molar-refractivity contribution is 0.0937. The molecule has 136 valence electrons. The third-order valence-corrected chi connectivity index (χ3v) is 3.87. The van der Waals surface area contributed by atoms with Crippen LogP contribution in [0.15, 0.2) is 22.7 Å².